The molecule has 1 N–H and O–H groups in total. The van der Waals surface area contributed by atoms with Crippen molar-refractivity contribution in [3.05, 3.63) is 29.8 Å². The fraction of sp³-hybridized carbons (Fsp3) is 0.467. The van der Waals surface area contributed by atoms with Gasteiger partial charge < -0.3 is 4.74 Å². The lowest BCUT2D eigenvalue weighted by Gasteiger charge is -2.21. The number of hydrogen-bond acceptors (Lipinski definition) is 3. The van der Waals surface area contributed by atoms with E-state index in [0.717, 1.165) is 5.56 Å². The largest absolute Gasteiger partial charge is 0.481 e. The lowest BCUT2D eigenvalue weighted by Crippen LogP contribution is -2.42. The standard InChI is InChI=1S/C15H22N2O3S/c1-5-12-20-15-8-6-14(7-9-15)10-11-16-21(18,19)17(4)13(2)3/h1,6-9,13,16H,10-12H2,2-4H3. The van der Waals surface area contributed by atoms with Gasteiger partial charge in [-0.25, -0.2) is 4.72 Å². The molecule has 0 aliphatic rings. The molecule has 1 aromatic carbocycles. The van der Waals surface area contributed by atoms with E-state index >= 15 is 0 Å². The maximum absolute atomic E-state index is 11.9. The summed E-state index contributed by atoms with van der Waals surface area (Å²) in [6, 6.07) is 7.36. The summed E-state index contributed by atoms with van der Waals surface area (Å²) < 4.78 is 33.0. The lowest BCUT2D eigenvalue weighted by atomic mass is 10.1. The van der Waals surface area contributed by atoms with Crippen LogP contribution in [0.15, 0.2) is 24.3 Å². The average molecular weight is 310 g/mol. The minimum atomic E-state index is -3.41. The fourth-order valence-electron chi connectivity index (χ4n) is 1.58. The molecule has 5 nitrogen and oxygen atoms in total. The van der Waals surface area contributed by atoms with Crippen LogP contribution in [0.2, 0.25) is 0 Å². The van der Waals surface area contributed by atoms with E-state index in [4.69, 9.17) is 11.2 Å². The molecule has 0 amide bonds. The second-order valence-corrected chi connectivity index (χ2v) is 6.71. The molecule has 0 unspecified atom stereocenters. The van der Waals surface area contributed by atoms with Gasteiger partial charge in [-0.2, -0.15) is 12.7 Å². The van der Waals surface area contributed by atoms with Gasteiger partial charge in [0.25, 0.3) is 10.2 Å². The summed E-state index contributed by atoms with van der Waals surface area (Å²) in [7, 11) is -1.85. The maximum Gasteiger partial charge on any atom is 0.279 e. The highest BCUT2D eigenvalue weighted by Gasteiger charge is 2.19. The summed E-state index contributed by atoms with van der Waals surface area (Å²) in [6.07, 6.45) is 5.73. The van der Waals surface area contributed by atoms with Gasteiger partial charge in [-0.3, -0.25) is 0 Å². The van der Waals surface area contributed by atoms with Crippen LogP contribution < -0.4 is 9.46 Å². The van der Waals surface area contributed by atoms with Gasteiger partial charge in [-0.05, 0) is 38.0 Å². The van der Waals surface area contributed by atoms with E-state index in [2.05, 4.69) is 10.6 Å². The van der Waals surface area contributed by atoms with E-state index in [1.165, 1.54) is 4.31 Å². The number of rotatable bonds is 8. The van der Waals surface area contributed by atoms with Gasteiger partial charge in [0.1, 0.15) is 12.4 Å². The van der Waals surface area contributed by atoms with Crippen LogP contribution in [0, 0.1) is 12.3 Å². The third-order valence-corrected chi connectivity index (χ3v) is 4.80. The minimum Gasteiger partial charge on any atom is -0.481 e. The minimum absolute atomic E-state index is 0.0740. The molecule has 0 bridgehead atoms. The number of terminal acetylenes is 1. The molecule has 0 heterocycles. The number of nitrogens with zero attached hydrogens (tertiary/aromatic N) is 1. The quantitative estimate of drug-likeness (QED) is 0.739. The zero-order chi connectivity index (χ0) is 15.9. The molecule has 0 aromatic heterocycles. The van der Waals surface area contributed by atoms with Crippen LogP contribution in [0.5, 0.6) is 5.75 Å². The Kier molecular flexibility index (Phi) is 6.69. The number of nitrogens with one attached hydrogen (secondary N) is 1. The first kappa shape index (κ1) is 17.5. The number of ether oxygens (including phenoxy) is 1. The molecule has 0 saturated carbocycles. The van der Waals surface area contributed by atoms with Crippen molar-refractivity contribution in [1.29, 1.82) is 0 Å². The first-order chi connectivity index (χ1) is 9.86. The molecule has 0 aliphatic carbocycles. The van der Waals surface area contributed by atoms with Gasteiger partial charge >= 0.3 is 0 Å². The van der Waals surface area contributed by atoms with Crippen molar-refractivity contribution >= 4 is 10.2 Å². The van der Waals surface area contributed by atoms with Crippen molar-refractivity contribution in [3.63, 3.8) is 0 Å². The second-order valence-electron chi connectivity index (χ2n) is 4.90. The molecule has 0 atom stereocenters. The SMILES string of the molecule is C#CCOc1ccc(CCNS(=O)(=O)N(C)C(C)C)cc1. The van der Waals surface area contributed by atoms with Crippen LogP contribution in [0.25, 0.3) is 0 Å². The monoisotopic (exact) mass is 310 g/mol. The van der Waals surface area contributed by atoms with E-state index in [9.17, 15) is 8.42 Å². The molecule has 0 radical (unpaired) electrons. The van der Waals surface area contributed by atoms with Crippen LogP contribution in [0.4, 0.5) is 0 Å². The van der Waals surface area contributed by atoms with E-state index < -0.39 is 10.2 Å². The van der Waals surface area contributed by atoms with Crippen molar-refractivity contribution in [1.82, 2.24) is 9.03 Å². The Morgan fingerprint density at radius 3 is 2.48 bits per heavy atom. The van der Waals surface area contributed by atoms with E-state index in [1.54, 1.807) is 7.05 Å². The van der Waals surface area contributed by atoms with Gasteiger partial charge in [-0.1, -0.05) is 18.1 Å². The Bertz CT molecular complexity index is 574. The predicted octanol–water partition coefficient (Wildman–Crippen LogP) is 1.42. The summed E-state index contributed by atoms with van der Waals surface area (Å²) in [5.74, 6) is 3.10. The van der Waals surface area contributed by atoms with Gasteiger partial charge in [0.2, 0.25) is 0 Å². The van der Waals surface area contributed by atoms with Gasteiger partial charge in [0.05, 0.1) is 0 Å². The van der Waals surface area contributed by atoms with Crippen LogP contribution in [-0.2, 0) is 16.6 Å². The van der Waals surface area contributed by atoms with Gasteiger partial charge in [0.15, 0.2) is 0 Å². The van der Waals surface area contributed by atoms with Crippen molar-refractivity contribution < 1.29 is 13.2 Å². The highest BCUT2D eigenvalue weighted by molar-refractivity contribution is 7.87. The predicted molar refractivity (Wildman–Crippen MR) is 84.3 cm³/mol. The smallest absolute Gasteiger partial charge is 0.279 e. The Labute approximate surface area is 127 Å². The van der Waals surface area contributed by atoms with E-state index in [1.807, 2.05) is 38.1 Å². The van der Waals surface area contributed by atoms with Crippen molar-refractivity contribution in [2.24, 2.45) is 0 Å². The summed E-state index contributed by atoms with van der Waals surface area (Å²) in [6.45, 7) is 4.24. The van der Waals surface area contributed by atoms with Crippen LogP contribution in [0.3, 0.4) is 0 Å². The average Bonchev–Trinajstić information content (AvgIpc) is 2.45. The molecule has 0 saturated heterocycles. The Balaban J connectivity index is 2.48. The van der Waals surface area contributed by atoms with Crippen LogP contribution in [0.1, 0.15) is 19.4 Å². The molecule has 116 valence electrons. The Morgan fingerprint density at radius 2 is 1.95 bits per heavy atom. The topological polar surface area (TPSA) is 58.6 Å². The van der Waals surface area contributed by atoms with Crippen molar-refractivity contribution in [2.45, 2.75) is 26.3 Å². The normalized spacial score (nSPS) is 11.6. The zero-order valence-electron chi connectivity index (χ0n) is 12.7. The molecule has 21 heavy (non-hydrogen) atoms. The molecular formula is C15H22N2O3S. The second kappa shape index (κ2) is 8.03. The Morgan fingerprint density at radius 1 is 1.33 bits per heavy atom. The molecule has 1 rings (SSSR count). The summed E-state index contributed by atoms with van der Waals surface area (Å²) >= 11 is 0. The fourth-order valence-corrected chi connectivity index (χ4v) is 2.70. The number of benzene rings is 1. The first-order valence-electron chi connectivity index (χ1n) is 6.74. The first-order valence-corrected chi connectivity index (χ1v) is 8.18. The highest BCUT2D eigenvalue weighted by Crippen LogP contribution is 2.12. The summed E-state index contributed by atoms with van der Waals surface area (Å²) in [5, 5.41) is 0. The third-order valence-electron chi connectivity index (χ3n) is 3.05. The molecular weight excluding hydrogens is 288 g/mol. The molecule has 6 heteroatoms. The summed E-state index contributed by atoms with van der Waals surface area (Å²) in [4.78, 5) is 0. The van der Waals surface area contributed by atoms with Gasteiger partial charge in [-0.15, -0.1) is 6.42 Å². The van der Waals surface area contributed by atoms with Crippen molar-refractivity contribution in [3.8, 4) is 18.1 Å². The Hall–Kier alpha value is -1.55. The van der Waals surface area contributed by atoms with Crippen LogP contribution >= 0.6 is 0 Å². The summed E-state index contributed by atoms with van der Waals surface area (Å²) in [5.41, 5.74) is 1.03. The number of hydrogen-bond donors (Lipinski definition) is 1. The molecule has 1 aromatic rings. The highest BCUT2D eigenvalue weighted by atomic mass is 32.2. The lowest BCUT2D eigenvalue weighted by molar-refractivity contribution is 0.370. The molecule has 0 spiro atoms. The van der Waals surface area contributed by atoms with Crippen LogP contribution in [-0.4, -0.2) is 39.0 Å². The maximum atomic E-state index is 11.9. The zero-order valence-corrected chi connectivity index (χ0v) is 13.5. The third kappa shape index (κ3) is 5.76. The van der Waals surface area contributed by atoms with Gasteiger partial charge in [0, 0.05) is 19.6 Å². The molecule has 0 fully saturated rings. The van der Waals surface area contributed by atoms with E-state index in [-0.39, 0.29) is 12.6 Å². The molecule has 0 aliphatic heterocycles. The van der Waals surface area contributed by atoms with Crippen molar-refractivity contribution in [2.75, 3.05) is 20.2 Å². The van der Waals surface area contributed by atoms with E-state index in [0.29, 0.717) is 18.7 Å².